The second kappa shape index (κ2) is 5.37. The van der Waals surface area contributed by atoms with Gasteiger partial charge >= 0.3 is 0 Å². The number of azo groups is 1. The minimum absolute atomic E-state index is 0.735. The molecule has 0 atom stereocenters. The average molecular weight is 269 g/mol. The van der Waals surface area contributed by atoms with Crippen LogP contribution in [0.4, 0.5) is 0 Å². The molecule has 2 aromatic rings. The van der Waals surface area contributed by atoms with Gasteiger partial charge in [-0.15, -0.1) is 0 Å². The van der Waals surface area contributed by atoms with E-state index in [9.17, 15) is 0 Å². The first-order chi connectivity index (χ1) is 9.34. The second-order valence-electron chi connectivity index (χ2n) is 4.42. The van der Waals surface area contributed by atoms with Gasteiger partial charge in [-0.3, -0.25) is 0 Å². The molecule has 0 amide bonds. The molecule has 0 N–H and O–H groups in total. The van der Waals surface area contributed by atoms with Gasteiger partial charge in [-0.2, -0.15) is 10.2 Å². The van der Waals surface area contributed by atoms with Gasteiger partial charge in [0, 0.05) is 10.6 Å². The summed E-state index contributed by atoms with van der Waals surface area (Å²) in [6.07, 6.45) is 0.922. The Morgan fingerprint density at radius 2 is 1.58 bits per heavy atom. The summed E-state index contributed by atoms with van der Waals surface area (Å²) < 4.78 is 0. The zero-order chi connectivity index (χ0) is 13.1. The molecule has 0 radical (unpaired) electrons. The molecule has 0 aromatic heterocycles. The summed E-state index contributed by atoms with van der Waals surface area (Å²) in [6, 6.07) is 18.1. The Balaban J connectivity index is 2.11. The predicted octanol–water partition coefficient (Wildman–Crippen LogP) is 5.06. The van der Waals surface area contributed by atoms with E-state index in [4.69, 9.17) is 11.6 Å². The van der Waals surface area contributed by atoms with Crippen molar-refractivity contribution in [1.29, 1.82) is 0 Å². The molecule has 0 fully saturated rings. The van der Waals surface area contributed by atoms with Crippen molar-refractivity contribution in [1.82, 2.24) is 0 Å². The maximum Gasteiger partial charge on any atom is 0.0963 e. The largest absolute Gasteiger partial charge is 0.188 e. The number of halogens is 1. The number of rotatable bonds is 2. The standard InChI is InChI=1S/C16H13ClN2/c17-14-8-6-13(7-9-14)16-15(10-11-18-19-16)12-4-2-1-3-5-12/h1-9H,10-11H2. The van der Waals surface area contributed by atoms with Crippen molar-refractivity contribution in [2.75, 3.05) is 6.54 Å². The number of hydrogen-bond donors (Lipinski definition) is 0. The van der Waals surface area contributed by atoms with E-state index < -0.39 is 0 Å². The van der Waals surface area contributed by atoms with Crippen LogP contribution in [0.5, 0.6) is 0 Å². The van der Waals surface area contributed by atoms with Crippen LogP contribution in [0.3, 0.4) is 0 Å². The van der Waals surface area contributed by atoms with Gasteiger partial charge in [-0.1, -0.05) is 54.1 Å². The first kappa shape index (κ1) is 12.1. The molecule has 1 aliphatic rings. The maximum atomic E-state index is 5.93. The lowest BCUT2D eigenvalue weighted by atomic mass is 9.96. The van der Waals surface area contributed by atoms with Crippen LogP contribution in [0, 0.1) is 0 Å². The molecule has 3 rings (SSSR count). The van der Waals surface area contributed by atoms with Crippen molar-refractivity contribution in [2.24, 2.45) is 10.2 Å². The van der Waals surface area contributed by atoms with Gasteiger partial charge < -0.3 is 0 Å². The Labute approximate surface area is 117 Å². The predicted molar refractivity (Wildman–Crippen MR) is 79.0 cm³/mol. The first-order valence-corrected chi connectivity index (χ1v) is 6.64. The summed E-state index contributed by atoms with van der Waals surface area (Å²) >= 11 is 5.93. The van der Waals surface area contributed by atoms with E-state index in [1.165, 1.54) is 11.1 Å². The first-order valence-electron chi connectivity index (χ1n) is 6.26. The molecule has 0 saturated heterocycles. The molecular weight excluding hydrogens is 256 g/mol. The van der Waals surface area contributed by atoms with E-state index in [1.54, 1.807) is 0 Å². The van der Waals surface area contributed by atoms with Crippen LogP contribution in [0.1, 0.15) is 17.5 Å². The van der Waals surface area contributed by atoms with E-state index in [0.717, 1.165) is 29.2 Å². The molecule has 1 heterocycles. The van der Waals surface area contributed by atoms with Crippen molar-refractivity contribution in [3.05, 3.63) is 70.7 Å². The highest BCUT2D eigenvalue weighted by atomic mass is 35.5. The SMILES string of the molecule is Clc1ccc(C2=C(c3ccccc3)CCN=N2)cc1. The smallest absolute Gasteiger partial charge is 0.0963 e. The molecule has 2 aromatic carbocycles. The van der Waals surface area contributed by atoms with Crippen LogP contribution >= 0.6 is 11.6 Å². The minimum Gasteiger partial charge on any atom is -0.188 e. The zero-order valence-electron chi connectivity index (χ0n) is 10.4. The summed E-state index contributed by atoms with van der Waals surface area (Å²) in [6.45, 7) is 0.751. The molecule has 0 spiro atoms. The monoisotopic (exact) mass is 268 g/mol. The Hall–Kier alpha value is -1.93. The van der Waals surface area contributed by atoms with Gasteiger partial charge in [-0.05, 0) is 29.7 Å². The molecule has 3 heteroatoms. The third kappa shape index (κ3) is 2.59. The fourth-order valence-electron chi connectivity index (χ4n) is 2.22. The lowest BCUT2D eigenvalue weighted by Crippen LogP contribution is -1.97. The molecular formula is C16H13ClN2. The molecule has 94 valence electrons. The van der Waals surface area contributed by atoms with Crippen molar-refractivity contribution < 1.29 is 0 Å². The Bertz CT molecular complexity index is 628. The van der Waals surface area contributed by atoms with E-state index in [2.05, 4.69) is 22.4 Å². The van der Waals surface area contributed by atoms with Gasteiger partial charge in [-0.25, -0.2) is 0 Å². The van der Waals surface area contributed by atoms with Crippen molar-refractivity contribution >= 4 is 22.9 Å². The van der Waals surface area contributed by atoms with Crippen molar-refractivity contribution in [2.45, 2.75) is 6.42 Å². The molecule has 0 saturated carbocycles. The van der Waals surface area contributed by atoms with E-state index in [1.807, 2.05) is 42.5 Å². The van der Waals surface area contributed by atoms with Crippen LogP contribution in [0.15, 0.2) is 64.8 Å². The average Bonchev–Trinajstić information content (AvgIpc) is 2.49. The third-order valence-electron chi connectivity index (χ3n) is 3.16. The number of benzene rings is 2. The fraction of sp³-hybridized carbons (Fsp3) is 0.125. The van der Waals surface area contributed by atoms with Crippen LogP contribution in [-0.4, -0.2) is 6.54 Å². The van der Waals surface area contributed by atoms with E-state index >= 15 is 0 Å². The lowest BCUT2D eigenvalue weighted by Gasteiger charge is -2.15. The van der Waals surface area contributed by atoms with Gasteiger partial charge in [0.05, 0.1) is 12.2 Å². The summed E-state index contributed by atoms with van der Waals surface area (Å²) in [5, 5.41) is 9.25. The molecule has 0 unspecified atom stereocenters. The number of hydrogen-bond acceptors (Lipinski definition) is 2. The normalized spacial score (nSPS) is 14.8. The Morgan fingerprint density at radius 3 is 2.32 bits per heavy atom. The summed E-state index contributed by atoms with van der Waals surface area (Å²) in [4.78, 5) is 0. The summed E-state index contributed by atoms with van der Waals surface area (Å²) in [5.74, 6) is 0. The third-order valence-corrected chi connectivity index (χ3v) is 3.41. The van der Waals surface area contributed by atoms with E-state index in [0.29, 0.717) is 0 Å². The highest BCUT2D eigenvalue weighted by molar-refractivity contribution is 6.30. The van der Waals surface area contributed by atoms with Crippen molar-refractivity contribution in [3.8, 4) is 0 Å². The minimum atomic E-state index is 0.735. The number of nitrogens with zero attached hydrogens (tertiary/aromatic N) is 2. The summed E-state index contributed by atoms with van der Waals surface area (Å²) in [7, 11) is 0. The Kier molecular flexibility index (Phi) is 3.43. The van der Waals surface area contributed by atoms with Crippen LogP contribution in [0.2, 0.25) is 5.02 Å². The van der Waals surface area contributed by atoms with Gasteiger partial charge in [0.15, 0.2) is 0 Å². The van der Waals surface area contributed by atoms with Crippen LogP contribution in [-0.2, 0) is 0 Å². The van der Waals surface area contributed by atoms with E-state index in [-0.39, 0.29) is 0 Å². The highest BCUT2D eigenvalue weighted by Gasteiger charge is 2.14. The highest BCUT2D eigenvalue weighted by Crippen LogP contribution is 2.33. The summed E-state index contributed by atoms with van der Waals surface area (Å²) in [5.41, 5.74) is 4.48. The quantitative estimate of drug-likeness (QED) is 0.727. The topological polar surface area (TPSA) is 24.7 Å². The lowest BCUT2D eigenvalue weighted by molar-refractivity contribution is 0.914. The van der Waals surface area contributed by atoms with Gasteiger partial charge in [0.2, 0.25) is 0 Å². The van der Waals surface area contributed by atoms with Crippen LogP contribution < -0.4 is 0 Å². The van der Waals surface area contributed by atoms with Crippen molar-refractivity contribution in [3.63, 3.8) is 0 Å². The molecule has 2 nitrogen and oxygen atoms in total. The maximum absolute atomic E-state index is 5.93. The molecule has 0 bridgehead atoms. The fourth-order valence-corrected chi connectivity index (χ4v) is 2.35. The molecule has 19 heavy (non-hydrogen) atoms. The molecule has 0 aliphatic carbocycles. The molecule has 1 aliphatic heterocycles. The Morgan fingerprint density at radius 1 is 0.842 bits per heavy atom. The van der Waals surface area contributed by atoms with Crippen LogP contribution in [0.25, 0.3) is 11.3 Å². The second-order valence-corrected chi connectivity index (χ2v) is 4.85. The zero-order valence-corrected chi connectivity index (χ0v) is 11.1. The van der Waals surface area contributed by atoms with Gasteiger partial charge in [0.25, 0.3) is 0 Å². The van der Waals surface area contributed by atoms with Gasteiger partial charge in [0.1, 0.15) is 0 Å².